The van der Waals surface area contributed by atoms with E-state index in [0.717, 1.165) is 44.3 Å². The van der Waals surface area contributed by atoms with Gasteiger partial charge in [0.25, 0.3) is 0 Å². The van der Waals surface area contributed by atoms with E-state index >= 15 is 0 Å². The molecule has 3 heterocycles. The Labute approximate surface area is 159 Å². The molecule has 6 N–H and O–H groups in total. The Hall–Kier alpha value is -4.13. The smallest absolute Gasteiger partial charge is 0.248 e. The third-order valence-corrected chi connectivity index (χ3v) is 4.89. The van der Waals surface area contributed by atoms with Crippen molar-refractivity contribution in [3.8, 4) is 22.4 Å². The number of benzene rings is 2. The van der Waals surface area contributed by atoms with E-state index in [1.165, 1.54) is 0 Å². The van der Waals surface area contributed by atoms with Crippen molar-refractivity contribution in [1.82, 2.24) is 20.2 Å². The van der Waals surface area contributed by atoms with Gasteiger partial charge in [0.2, 0.25) is 5.91 Å². The summed E-state index contributed by atoms with van der Waals surface area (Å²) >= 11 is 0. The first kappa shape index (κ1) is 16.1. The lowest BCUT2D eigenvalue weighted by atomic mass is 10.0. The van der Waals surface area contributed by atoms with Gasteiger partial charge in [-0.15, -0.1) is 0 Å². The number of hydrogen-bond acceptors (Lipinski definition) is 4. The summed E-state index contributed by atoms with van der Waals surface area (Å²) in [6, 6.07) is 17.2. The van der Waals surface area contributed by atoms with E-state index in [1.807, 2.05) is 42.5 Å². The molecule has 0 bridgehead atoms. The van der Waals surface area contributed by atoms with Gasteiger partial charge >= 0.3 is 0 Å². The maximum Gasteiger partial charge on any atom is 0.248 e. The van der Waals surface area contributed by atoms with Gasteiger partial charge in [-0.3, -0.25) is 9.89 Å². The molecule has 0 saturated carbocycles. The Morgan fingerprint density at radius 1 is 0.964 bits per heavy atom. The van der Waals surface area contributed by atoms with E-state index in [0.29, 0.717) is 11.4 Å². The van der Waals surface area contributed by atoms with Gasteiger partial charge in [0.15, 0.2) is 5.82 Å². The average Bonchev–Trinajstić information content (AvgIpc) is 3.31. The number of carbonyl (C=O) groups is 1. The first-order valence-corrected chi connectivity index (χ1v) is 8.72. The molecule has 5 rings (SSSR count). The SMILES string of the molecule is NC(=O)c1cccc(-c2cc3c(-c4ccc5[nH]nc(N)c5c4)ccnc3[nH]2)c1. The number of aromatic amines is 2. The number of amides is 1. The quantitative estimate of drug-likeness (QED) is 0.389. The third-order valence-electron chi connectivity index (χ3n) is 4.89. The van der Waals surface area contributed by atoms with Gasteiger partial charge in [0, 0.05) is 28.2 Å². The van der Waals surface area contributed by atoms with Crippen LogP contribution in [0.2, 0.25) is 0 Å². The summed E-state index contributed by atoms with van der Waals surface area (Å²) in [5, 5.41) is 8.83. The second-order valence-corrected chi connectivity index (χ2v) is 6.62. The van der Waals surface area contributed by atoms with Gasteiger partial charge < -0.3 is 16.5 Å². The largest absolute Gasteiger partial charge is 0.382 e. The van der Waals surface area contributed by atoms with Crippen LogP contribution in [0.25, 0.3) is 44.3 Å². The minimum atomic E-state index is -0.456. The topological polar surface area (TPSA) is 126 Å². The Morgan fingerprint density at radius 3 is 2.71 bits per heavy atom. The third kappa shape index (κ3) is 2.49. The highest BCUT2D eigenvalue weighted by molar-refractivity contribution is 6.00. The summed E-state index contributed by atoms with van der Waals surface area (Å²) in [7, 11) is 0. The van der Waals surface area contributed by atoms with Gasteiger partial charge in [0.1, 0.15) is 5.65 Å². The molecule has 0 aliphatic heterocycles. The van der Waals surface area contributed by atoms with Crippen LogP contribution in [-0.2, 0) is 0 Å². The minimum absolute atomic E-state index is 0.456. The highest BCUT2D eigenvalue weighted by Gasteiger charge is 2.12. The molecule has 3 aromatic heterocycles. The number of rotatable bonds is 3. The fraction of sp³-hybridized carbons (Fsp3) is 0. The maximum absolute atomic E-state index is 11.5. The normalized spacial score (nSPS) is 11.3. The number of nitrogens with zero attached hydrogens (tertiary/aromatic N) is 2. The molecule has 0 unspecified atom stereocenters. The van der Waals surface area contributed by atoms with Crippen molar-refractivity contribution in [1.29, 1.82) is 0 Å². The van der Waals surface area contributed by atoms with Crippen LogP contribution in [0, 0.1) is 0 Å². The van der Waals surface area contributed by atoms with Crippen LogP contribution < -0.4 is 11.5 Å². The monoisotopic (exact) mass is 368 g/mol. The Morgan fingerprint density at radius 2 is 1.86 bits per heavy atom. The number of pyridine rings is 1. The number of nitrogen functional groups attached to an aromatic ring is 1. The van der Waals surface area contributed by atoms with Crippen molar-refractivity contribution < 1.29 is 4.79 Å². The molecule has 0 aliphatic rings. The van der Waals surface area contributed by atoms with Crippen molar-refractivity contribution in [2.75, 3.05) is 5.73 Å². The lowest BCUT2D eigenvalue weighted by molar-refractivity contribution is 0.100. The first-order valence-electron chi connectivity index (χ1n) is 8.72. The van der Waals surface area contributed by atoms with Crippen molar-refractivity contribution in [2.45, 2.75) is 0 Å². The van der Waals surface area contributed by atoms with Crippen molar-refractivity contribution in [2.24, 2.45) is 5.73 Å². The molecule has 0 fully saturated rings. The molecule has 136 valence electrons. The number of nitrogens with one attached hydrogen (secondary N) is 2. The maximum atomic E-state index is 11.5. The Kier molecular flexibility index (Phi) is 3.42. The molecular formula is C21H16N6O. The van der Waals surface area contributed by atoms with Crippen molar-refractivity contribution in [3.05, 3.63) is 66.4 Å². The number of aromatic nitrogens is 4. The van der Waals surface area contributed by atoms with Crippen LogP contribution in [0.3, 0.4) is 0 Å². The van der Waals surface area contributed by atoms with Crippen LogP contribution in [0.4, 0.5) is 5.82 Å². The van der Waals surface area contributed by atoms with Crippen LogP contribution >= 0.6 is 0 Å². The van der Waals surface area contributed by atoms with Crippen LogP contribution in [0.15, 0.2) is 60.8 Å². The predicted octanol–water partition coefficient (Wildman–Crippen LogP) is 3.45. The summed E-state index contributed by atoms with van der Waals surface area (Å²) in [5.74, 6) is 0.0166. The number of hydrogen-bond donors (Lipinski definition) is 4. The first-order chi connectivity index (χ1) is 13.6. The number of primary amides is 1. The Balaban J connectivity index is 1.68. The van der Waals surface area contributed by atoms with Crippen LogP contribution in [0.5, 0.6) is 0 Å². The second kappa shape index (κ2) is 5.95. The molecule has 7 heteroatoms. The van der Waals surface area contributed by atoms with E-state index in [2.05, 4.69) is 20.2 Å². The standard InChI is InChI=1S/C21H16N6O/c22-19-16-9-11(4-5-17(16)26-27-19)14-6-7-24-21-15(14)10-18(25-21)12-2-1-3-13(8-12)20(23)28/h1-10H,(H2,23,28)(H,24,25)(H3,22,26,27). The summed E-state index contributed by atoms with van der Waals surface area (Å²) in [5.41, 5.74) is 17.3. The van der Waals surface area contributed by atoms with Crippen molar-refractivity contribution in [3.63, 3.8) is 0 Å². The zero-order valence-electron chi connectivity index (χ0n) is 14.7. The second-order valence-electron chi connectivity index (χ2n) is 6.62. The van der Waals surface area contributed by atoms with Crippen LogP contribution in [-0.4, -0.2) is 26.1 Å². The summed E-state index contributed by atoms with van der Waals surface area (Å²) in [6.07, 6.45) is 1.76. The summed E-state index contributed by atoms with van der Waals surface area (Å²) in [6.45, 7) is 0. The van der Waals surface area contributed by atoms with Crippen molar-refractivity contribution >= 4 is 33.7 Å². The van der Waals surface area contributed by atoms with E-state index in [1.54, 1.807) is 18.3 Å². The predicted molar refractivity (Wildman–Crippen MR) is 110 cm³/mol. The number of nitrogens with two attached hydrogens (primary N) is 2. The van der Waals surface area contributed by atoms with Gasteiger partial charge in [-0.25, -0.2) is 4.98 Å². The lowest BCUT2D eigenvalue weighted by Gasteiger charge is -2.03. The molecule has 0 saturated heterocycles. The molecule has 0 radical (unpaired) electrons. The van der Waals surface area contributed by atoms with Gasteiger partial charge in [0.05, 0.1) is 5.52 Å². The molecule has 0 aliphatic carbocycles. The summed E-state index contributed by atoms with van der Waals surface area (Å²) < 4.78 is 0. The highest BCUT2D eigenvalue weighted by atomic mass is 16.1. The highest BCUT2D eigenvalue weighted by Crippen LogP contribution is 2.33. The fourth-order valence-electron chi connectivity index (χ4n) is 3.48. The van der Waals surface area contributed by atoms with E-state index in [4.69, 9.17) is 11.5 Å². The van der Waals surface area contributed by atoms with Gasteiger partial charge in [-0.2, -0.15) is 5.10 Å². The van der Waals surface area contributed by atoms with E-state index in [-0.39, 0.29) is 0 Å². The van der Waals surface area contributed by atoms with Crippen LogP contribution in [0.1, 0.15) is 10.4 Å². The molecule has 2 aromatic carbocycles. The summed E-state index contributed by atoms with van der Waals surface area (Å²) in [4.78, 5) is 19.3. The fourth-order valence-corrected chi connectivity index (χ4v) is 3.48. The number of carbonyl (C=O) groups excluding carboxylic acids is 1. The zero-order valence-corrected chi connectivity index (χ0v) is 14.7. The molecule has 5 aromatic rings. The Bertz CT molecular complexity index is 1360. The number of anilines is 1. The van der Waals surface area contributed by atoms with E-state index < -0.39 is 5.91 Å². The van der Waals surface area contributed by atoms with E-state index in [9.17, 15) is 4.79 Å². The van der Waals surface area contributed by atoms with Gasteiger partial charge in [-0.1, -0.05) is 18.2 Å². The average molecular weight is 368 g/mol. The molecule has 0 spiro atoms. The number of fused-ring (bicyclic) bond motifs is 2. The molecule has 28 heavy (non-hydrogen) atoms. The molecule has 1 amide bonds. The number of H-pyrrole nitrogens is 2. The van der Waals surface area contributed by atoms with Gasteiger partial charge in [-0.05, 0) is 53.1 Å². The molecule has 0 atom stereocenters. The lowest BCUT2D eigenvalue weighted by Crippen LogP contribution is -2.10. The minimum Gasteiger partial charge on any atom is -0.382 e. The zero-order chi connectivity index (χ0) is 19.3. The molecular weight excluding hydrogens is 352 g/mol. The molecule has 7 nitrogen and oxygen atoms in total.